The Kier molecular flexibility index (Phi) is 4.88. The van der Waals surface area contributed by atoms with Crippen molar-refractivity contribution in [3.05, 3.63) is 23.3 Å². The molecule has 15 heavy (non-hydrogen) atoms. The zero-order chi connectivity index (χ0) is 9.97. The fourth-order valence-electron chi connectivity index (χ4n) is 2.75. The van der Waals surface area contributed by atoms with E-state index in [1.54, 1.807) is 11.1 Å². The Morgan fingerprint density at radius 1 is 1.20 bits per heavy atom. The summed E-state index contributed by atoms with van der Waals surface area (Å²) in [5.74, 6) is 0. The Labute approximate surface area is 99.6 Å². The molecule has 1 nitrogen and oxygen atoms in total. The van der Waals surface area contributed by atoms with Gasteiger partial charge in [0.15, 0.2) is 0 Å². The highest BCUT2D eigenvalue weighted by Crippen LogP contribution is 2.33. The van der Waals surface area contributed by atoms with Crippen molar-refractivity contribution in [2.75, 3.05) is 14.1 Å². The first-order valence-corrected chi connectivity index (χ1v) is 5.84. The molecular formula is C13H22ClN. The van der Waals surface area contributed by atoms with Crippen LogP contribution in [0, 0.1) is 0 Å². The third-order valence-electron chi connectivity index (χ3n) is 3.51. The standard InChI is InChI=1S/C13H21N.ClH/c1-14(2)13-10-6-4-8-11-7-3-5-9-12(11)13;/h4,8,13H,3,5-7,9-10H2,1-2H3;1H. The van der Waals surface area contributed by atoms with E-state index in [2.05, 4.69) is 31.1 Å². The molecule has 1 unspecified atom stereocenters. The normalized spacial score (nSPS) is 25.9. The second-order valence-corrected chi connectivity index (χ2v) is 4.72. The number of hydrogen-bond donors (Lipinski definition) is 0. The molecule has 0 fully saturated rings. The molecule has 0 aliphatic heterocycles. The van der Waals surface area contributed by atoms with Crippen LogP contribution >= 0.6 is 12.4 Å². The molecule has 86 valence electrons. The van der Waals surface area contributed by atoms with Crippen LogP contribution in [0.3, 0.4) is 0 Å². The van der Waals surface area contributed by atoms with Gasteiger partial charge < -0.3 is 4.90 Å². The Balaban J connectivity index is 0.00000112. The van der Waals surface area contributed by atoms with Gasteiger partial charge in [0.25, 0.3) is 0 Å². The van der Waals surface area contributed by atoms with Crippen LogP contribution in [0.5, 0.6) is 0 Å². The Morgan fingerprint density at radius 3 is 2.67 bits per heavy atom. The van der Waals surface area contributed by atoms with Crippen LogP contribution in [-0.2, 0) is 0 Å². The van der Waals surface area contributed by atoms with E-state index >= 15 is 0 Å². The topological polar surface area (TPSA) is 3.24 Å². The number of hydrogen-bond acceptors (Lipinski definition) is 1. The average molecular weight is 228 g/mol. The molecule has 0 radical (unpaired) electrons. The summed E-state index contributed by atoms with van der Waals surface area (Å²) in [4.78, 5) is 2.40. The highest BCUT2D eigenvalue weighted by atomic mass is 35.5. The summed E-state index contributed by atoms with van der Waals surface area (Å²) in [5, 5.41) is 0. The van der Waals surface area contributed by atoms with Crippen molar-refractivity contribution in [3.8, 4) is 0 Å². The summed E-state index contributed by atoms with van der Waals surface area (Å²) in [6.07, 6.45) is 12.7. The monoisotopic (exact) mass is 227 g/mol. The van der Waals surface area contributed by atoms with Gasteiger partial charge in [-0.1, -0.05) is 12.2 Å². The lowest BCUT2D eigenvalue weighted by Crippen LogP contribution is -2.30. The van der Waals surface area contributed by atoms with Crippen LogP contribution in [0.2, 0.25) is 0 Å². The van der Waals surface area contributed by atoms with E-state index in [-0.39, 0.29) is 12.4 Å². The van der Waals surface area contributed by atoms with Gasteiger partial charge in [-0.2, -0.15) is 0 Å². The molecule has 0 amide bonds. The number of halogens is 1. The largest absolute Gasteiger partial charge is 0.303 e. The second kappa shape index (κ2) is 5.72. The lowest BCUT2D eigenvalue weighted by atomic mass is 9.87. The molecule has 2 rings (SSSR count). The maximum absolute atomic E-state index is 2.40. The summed E-state index contributed by atoms with van der Waals surface area (Å²) in [6, 6.07) is 0.709. The smallest absolute Gasteiger partial charge is 0.0310 e. The zero-order valence-corrected chi connectivity index (χ0v) is 10.6. The van der Waals surface area contributed by atoms with Gasteiger partial charge in [0.2, 0.25) is 0 Å². The molecule has 2 aliphatic carbocycles. The van der Waals surface area contributed by atoms with E-state index in [1.807, 2.05) is 0 Å². The predicted molar refractivity (Wildman–Crippen MR) is 68.6 cm³/mol. The average Bonchev–Trinajstić information content (AvgIpc) is 2.39. The summed E-state index contributed by atoms with van der Waals surface area (Å²) < 4.78 is 0. The Hall–Kier alpha value is -0.270. The highest BCUT2D eigenvalue weighted by molar-refractivity contribution is 5.85. The summed E-state index contributed by atoms with van der Waals surface area (Å²) in [7, 11) is 4.43. The van der Waals surface area contributed by atoms with Crippen molar-refractivity contribution in [1.82, 2.24) is 4.90 Å². The molecule has 1 atom stereocenters. The van der Waals surface area contributed by atoms with E-state index in [0.29, 0.717) is 6.04 Å². The van der Waals surface area contributed by atoms with Crippen LogP contribution in [0.25, 0.3) is 0 Å². The quantitative estimate of drug-likeness (QED) is 0.662. The third kappa shape index (κ3) is 2.85. The lowest BCUT2D eigenvalue weighted by molar-refractivity contribution is 0.306. The molecule has 0 aromatic carbocycles. The zero-order valence-electron chi connectivity index (χ0n) is 9.83. The highest BCUT2D eigenvalue weighted by Gasteiger charge is 2.22. The summed E-state index contributed by atoms with van der Waals surface area (Å²) in [6.45, 7) is 0. The molecule has 0 heterocycles. The fraction of sp³-hybridized carbons (Fsp3) is 0.692. The molecule has 2 heteroatoms. The molecule has 0 spiro atoms. The molecule has 0 aromatic rings. The summed E-state index contributed by atoms with van der Waals surface area (Å²) >= 11 is 0. The predicted octanol–water partition coefficient (Wildman–Crippen LogP) is 3.56. The van der Waals surface area contributed by atoms with Crippen molar-refractivity contribution < 1.29 is 0 Å². The van der Waals surface area contributed by atoms with Crippen molar-refractivity contribution in [2.24, 2.45) is 0 Å². The summed E-state index contributed by atoms with van der Waals surface area (Å²) in [5.41, 5.74) is 3.38. The maximum atomic E-state index is 2.40. The van der Waals surface area contributed by atoms with Gasteiger partial charge in [-0.05, 0) is 63.8 Å². The molecular weight excluding hydrogens is 206 g/mol. The molecule has 0 N–H and O–H groups in total. The van der Waals surface area contributed by atoms with Crippen molar-refractivity contribution >= 4 is 12.4 Å². The Bertz CT molecular complexity index is 266. The van der Waals surface area contributed by atoms with Crippen LogP contribution in [0.1, 0.15) is 38.5 Å². The number of nitrogens with zero attached hydrogens (tertiary/aromatic N) is 1. The van der Waals surface area contributed by atoms with E-state index in [1.165, 1.54) is 38.5 Å². The van der Waals surface area contributed by atoms with E-state index in [0.717, 1.165) is 0 Å². The van der Waals surface area contributed by atoms with Crippen molar-refractivity contribution in [2.45, 2.75) is 44.6 Å². The number of allylic oxidation sites excluding steroid dienone is 3. The molecule has 2 aliphatic rings. The van der Waals surface area contributed by atoms with Crippen molar-refractivity contribution in [1.29, 1.82) is 0 Å². The van der Waals surface area contributed by atoms with Gasteiger partial charge in [-0.15, -0.1) is 12.4 Å². The van der Waals surface area contributed by atoms with E-state index < -0.39 is 0 Å². The van der Waals surface area contributed by atoms with E-state index in [4.69, 9.17) is 0 Å². The van der Waals surface area contributed by atoms with E-state index in [9.17, 15) is 0 Å². The van der Waals surface area contributed by atoms with Crippen molar-refractivity contribution in [3.63, 3.8) is 0 Å². The molecule has 0 bridgehead atoms. The fourth-order valence-corrected chi connectivity index (χ4v) is 2.75. The minimum absolute atomic E-state index is 0. The molecule has 0 saturated carbocycles. The van der Waals surface area contributed by atoms with Crippen LogP contribution in [0.15, 0.2) is 23.3 Å². The first-order valence-electron chi connectivity index (χ1n) is 5.84. The Morgan fingerprint density at radius 2 is 1.93 bits per heavy atom. The molecule has 0 aromatic heterocycles. The van der Waals surface area contributed by atoms with Gasteiger partial charge >= 0.3 is 0 Å². The SMILES string of the molecule is CN(C)C1CCC=CC2=C1CCCC2.Cl. The van der Waals surface area contributed by atoms with Gasteiger partial charge in [-0.25, -0.2) is 0 Å². The first-order chi connectivity index (χ1) is 6.79. The minimum Gasteiger partial charge on any atom is -0.303 e. The van der Waals surface area contributed by atoms with Gasteiger partial charge in [-0.3, -0.25) is 0 Å². The maximum Gasteiger partial charge on any atom is 0.0310 e. The first kappa shape index (κ1) is 12.8. The number of likely N-dealkylation sites (N-methyl/N-ethyl adjacent to an activating group) is 1. The second-order valence-electron chi connectivity index (χ2n) is 4.72. The minimum atomic E-state index is 0. The van der Waals surface area contributed by atoms with Gasteiger partial charge in [0.1, 0.15) is 0 Å². The van der Waals surface area contributed by atoms with Crippen LogP contribution in [0.4, 0.5) is 0 Å². The lowest BCUT2D eigenvalue weighted by Gasteiger charge is -2.30. The van der Waals surface area contributed by atoms with Gasteiger partial charge in [0.05, 0.1) is 0 Å². The van der Waals surface area contributed by atoms with Crippen LogP contribution in [-0.4, -0.2) is 25.0 Å². The van der Waals surface area contributed by atoms with Gasteiger partial charge in [0, 0.05) is 6.04 Å². The number of rotatable bonds is 1. The third-order valence-corrected chi connectivity index (χ3v) is 3.51. The molecule has 0 saturated heterocycles. The van der Waals surface area contributed by atoms with Crippen LogP contribution < -0.4 is 0 Å².